The van der Waals surface area contributed by atoms with Gasteiger partial charge >= 0.3 is 0 Å². The number of nitrogens with two attached hydrogens (primary N) is 1. The lowest BCUT2D eigenvalue weighted by molar-refractivity contribution is 0.0340. The normalized spacial score (nSPS) is 20.8. The summed E-state index contributed by atoms with van der Waals surface area (Å²) in [6.45, 7) is 3.87. The molecule has 2 aromatic heterocycles. The van der Waals surface area contributed by atoms with E-state index in [0.29, 0.717) is 17.6 Å². The lowest BCUT2D eigenvalue weighted by Crippen LogP contribution is -2.42. The number of ether oxygens (including phenoxy) is 1. The second-order valence-electron chi connectivity index (χ2n) is 6.78. The quantitative estimate of drug-likeness (QED) is 0.706. The van der Waals surface area contributed by atoms with Crippen LogP contribution in [-0.4, -0.2) is 38.3 Å². The largest absolute Gasteiger partial charge is 0.475 e. The summed E-state index contributed by atoms with van der Waals surface area (Å²) in [7, 11) is 0. The zero-order valence-corrected chi connectivity index (χ0v) is 14.6. The van der Waals surface area contributed by atoms with Gasteiger partial charge in [0.1, 0.15) is 5.82 Å². The second kappa shape index (κ2) is 7.65. The predicted octanol–water partition coefficient (Wildman–Crippen LogP) is 2.04. The van der Waals surface area contributed by atoms with Gasteiger partial charge in [0.25, 0.3) is 0 Å². The Morgan fingerprint density at radius 1 is 1.32 bits per heavy atom. The Kier molecular flexibility index (Phi) is 5.33. The van der Waals surface area contributed by atoms with Gasteiger partial charge in [0, 0.05) is 30.4 Å². The summed E-state index contributed by atoms with van der Waals surface area (Å²) in [6, 6.07) is 7.76. The molecule has 4 N–H and O–H groups in total. The molecule has 3 rings (SSSR count). The molecular weight excluding hydrogens is 318 g/mol. The standard InChI is InChI=1S/C18H25N5O2/c1-11(2)25-17-10-16(22-18(19)23-17)21-15(12-7-14(24)8-12)9-13-5-3-4-6-20-13/h3-6,10-12,14-15,24H,7-9H2,1-2H3,(H3,19,21,22,23)/t12?,14?,15-/m1/s1. The van der Waals surface area contributed by atoms with Crippen molar-refractivity contribution in [3.05, 3.63) is 36.2 Å². The van der Waals surface area contributed by atoms with Crippen LogP contribution in [0, 0.1) is 5.92 Å². The van der Waals surface area contributed by atoms with Crippen LogP contribution in [0.3, 0.4) is 0 Å². The van der Waals surface area contributed by atoms with Gasteiger partial charge in [0.2, 0.25) is 11.8 Å². The van der Waals surface area contributed by atoms with Gasteiger partial charge in [-0.2, -0.15) is 9.97 Å². The summed E-state index contributed by atoms with van der Waals surface area (Å²) in [4.78, 5) is 12.8. The molecule has 0 bridgehead atoms. The van der Waals surface area contributed by atoms with Gasteiger partial charge in [-0.3, -0.25) is 4.98 Å². The molecule has 1 fully saturated rings. The number of aliphatic hydroxyl groups is 1. The van der Waals surface area contributed by atoms with Crippen LogP contribution in [0.25, 0.3) is 0 Å². The Bertz CT molecular complexity index is 689. The first kappa shape index (κ1) is 17.4. The van der Waals surface area contributed by atoms with E-state index in [-0.39, 0.29) is 24.2 Å². The summed E-state index contributed by atoms with van der Waals surface area (Å²) in [6.07, 6.45) is 3.89. The molecule has 7 heteroatoms. The number of rotatable bonds is 7. The number of hydrogen-bond acceptors (Lipinski definition) is 7. The lowest BCUT2D eigenvalue weighted by atomic mass is 9.76. The first-order valence-corrected chi connectivity index (χ1v) is 8.65. The summed E-state index contributed by atoms with van der Waals surface area (Å²) in [5, 5.41) is 13.1. The number of aliphatic hydroxyl groups excluding tert-OH is 1. The first-order valence-electron chi connectivity index (χ1n) is 8.65. The van der Waals surface area contributed by atoms with Gasteiger partial charge in [0.15, 0.2) is 0 Å². The van der Waals surface area contributed by atoms with E-state index in [2.05, 4.69) is 20.3 Å². The number of aromatic nitrogens is 3. The smallest absolute Gasteiger partial charge is 0.225 e. The molecule has 0 aromatic carbocycles. The minimum Gasteiger partial charge on any atom is -0.475 e. The van der Waals surface area contributed by atoms with Crippen LogP contribution in [0.15, 0.2) is 30.5 Å². The van der Waals surface area contributed by atoms with E-state index in [4.69, 9.17) is 10.5 Å². The second-order valence-corrected chi connectivity index (χ2v) is 6.78. The van der Waals surface area contributed by atoms with Crippen molar-refractivity contribution in [3.63, 3.8) is 0 Å². The van der Waals surface area contributed by atoms with Crippen LogP contribution >= 0.6 is 0 Å². The van der Waals surface area contributed by atoms with Crippen molar-refractivity contribution in [1.82, 2.24) is 15.0 Å². The van der Waals surface area contributed by atoms with Crippen LogP contribution in [0.1, 0.15) is 32.4 Å². The molecule has 1 aliphatic carbocycles. The highest BCUT2D eigenvalue weighted by Gasteiger charge is 2.34. The molecule has 0 amide bonds. The molecule has 1 aliphatic rings. The molecule has 2 heterocycles. The third kappa shape index (κ3) is 4.79. The molecule has 2 aromatic rings. The Hall–Kier alpha value is -2.41. The zero-order valence-electron chi connectivity index (χ0n) is 14.6. The Morgan fingerprint density at radius 3 is 2.76 bits per heavy atom. The molecule has 134 valence electrons. The van der Waals surface area contributed by atoms with Crippen molar-refractivity contribution < 1.29 is 9.84 Å². The maximum atomic E-state index is 9.68. The Morgan fingerprint density at radius 2 is 2.12 bits per heavy atom. The first-order chi connectivity index (χ1) is 12.0. The van der Waals surface area contributed by atoms with E-state index < -0.39 is 0 Å². The van der Waals surface area contributed by atoms with Crippen LogP contribution in [0.5, 0.6) is 5.88 Å². The third-order valence-corrected chi connectivity index (χ3v) is 4.28. The highest BCUT2D eigenvalue weighted by atomic mass is 16.5. The molecule has 0 saturated heterocycles. The van der Waals surface area contributed by atoms with Crippen molar-refractivity contribution in [2.45, 2.75) is 51.4 Å². The number of anilines is 2. The number of nitrogen functional groups attached to an aromatic ring is 1. The molecule has 1 saturated carbocycles. The highest BCUT2D eigenvalue weighted by molar-refractivity contribution is 5.44. The van der Waals surface area contributed by atoms with E-state index in [1.54, 1.807) is 12.3 Å². The summed E-state index contributed by atoms with van der Waals surface area (Å²) >= 11 is 0. The minimum absolute atomic E-state index is 0.00763. The van der Waals surface area contributed by atoms with E-state index >= 15 is 0 Å². The molecular formula is C18H25N5O2. The maximum Gasteiger partial charge on any atom is 0.225 e. The van der Waals surface area contributed by atoms with Crippen molar-refractivity contribution in [2.24, 2.45) is 5.92 Å². The minimum atomic E-state index is -0.215. The van der Waals surface area contributed by atoms with Crippen LogP contribution < -0.4 is 15.8 Å². The summed E-state index contributed by atoms with van der Waals surface area (Å²) in [5.74, 6) is 1.62. The number of pyridine rings is 1. The summed E-state index contributed by atoms with van der Waals surface area (Å²) in [5.41, 5.74) is 6.82. The van der Waals surface area contributed by atoms with Crippen LogP contribution in [0.2, 0.25) is 0 Å². The number of nitrogens with zero attached hydrogens (tertiary/aromatic N) is 3. The van der Waals surface area contributed by atoms with Crippen LogP contribution in [-0.2, 0) is 6.42 Å². The maximum absolute atomic E-state index is 9.68. The van der Waals surface area contributed by atoms with Crippen molar-refractivity contribution >= 4 is 11.8 Å². The van der Waals surface area contributed by atoms with Gasteiger partial charge in [-0.15, -0.1) is 0 Å². The molecule has 0 spiro atoms. The fraction of sp³-hybridized carbons (Fsp3) is 0.500. The molecule has 0 radical (unpaired) electrons. The number of nitrogens with one attached hydrogen (secondary N) is 1. The van der Waals surface area contributed by atoms with E-state index in [9.17, 15) is 5.11 Å². The zero-order chi connectivity index (χ0) is 17.8. The molecule has 1 atom stereocenters. The van der Waals surface area contributed by atoms with Crippen molar-refractivity contribution in [3.8, 4) is 5.88 Å². The van der Waals surface area contributed by atoms with Crippen molar-refractivity contribution in [2.75, 3.05) is 11.1 Å². The number of hydrogen-bond donors (Lipinski definition) is 3. The monoisotopic (exact) mass is 343 g/mol. The molecule has 0 aliphatic heterocycles. The highest BCUT2D eigenvalue weighted by Crippen LogP contribution is 2.33. The SMILES string of the molecule is CC(C)Oc1cc(N[C@H](Cc2ccccn2)C2CC(O)C2)nc(N)n1. The average Bonchev–Trinajstić information content (AvgIpc) is 2.51. The van der Waals surface area contributed by atoms with Gasteiger partial charge in [-0.1, -0.05) is 6.07 Å². The molecule has 25 heavy (non-hydrogen) atoms. The fourth-order valence-corrected chi connectivity index (χ4v) is 3.05. The van der Waals surface area contributed by atoms with E-state index in [0.717, 1.165) is 25.0 Å². The van der Waals surface area contributed by atoms with E-state index in [1.807, 2.05) is 32.0 Å². The Balaban J connectivity index is 1.76. The lowest BCUT2D eigenvalue weighted by Gasteiger charge is -2.38. The fourth-order valence-electron chi connectivity index (χ4n) is 3.05. The van der Waals surface area contributed by atoms with Gasteiger partial charge in [-0.25, -0.2) is 0 Å². The predicted molar refractivity (Wildman–Crippen MR) is 96.3 cm³/mol. The average molecular weight is 343 g/mol. The third-order valence-electron chi connectivity index (χ3n) is 4.28. The van der Waals surface area contributed by atoms with Crippen LogP contribution in [0.4, 0.5) is 11.8 Å². The van der Waals surface area contributed by atoms with Crippen molar-refractivity contribution in [1.29, 1.82) is 0 Å². The van der Waals surface area contributed by atoms with Gasteiger partial charge in [-0.05, 0) is 44.7 Å². The summed E-state index contributed by atoms with van der Waals surface area (Å²) < 4.78 is 5.63. The van der Waals surface area contributed by atoms with Gasteiger partial charge in [0.05, 0.1) is 12.2 Å². The van der Waals surface area contributed by atoms with Gasteiger partial charge < -0.3 is 20.9 Å². The molecule has 7 nitrogen and oxygen atoms in total. The van der Waals surface area contributed by atoms with E-state index in [1.165, 1.54) is 0 Å². The Labute approximate surface area is 147 Å². The topological polar surface area (TPSA) is 106 Å². The molecule has 0 unspecified atom stereocenters.